The summed E-state index contributed by atoms with van der Waals surface area (Å²) in [5.41, 5.74) is 0. The van der Waals surface area contributed by atoms with E-state index in [9.17, 15) is 0 Å². The highest BCUT2D eigenvalue weighted by Crippen LogP contribution is 2.19. The van der Waals surface area contributed by atoms with Crippen molar-refractivity contribution < 1.29 is 9.15 Å². The lowest BCUT2D eigenvalue weighted by molar-refractivity contribution is 0.121. The molecule has 2 heterocycles. The lowest BCUT2D eigenvalue weighted by Crippen LogP contribution is -2.22. The first-order chi connectivity index (χ1) is 6.29. The van der Waals surface area contributed by atoms with Gasteiger partial charge in [0.25, 0.3) is 0 Å². The molecule has 1 saturated heterocycles. The van der Waals surface area contributed by atoms with E-state index < -0.39 is 0 Å². The molecule has 1 unspecified atom stereocenters. The Kier molecular flexibility index (Phi) is 2.18. The van der Waals surface area contributed by atoms with E-state index in [2.05, 4.69) is 10.2 Å². The van der Waals surface area contributed by atoms with Gasteiger partial charge in [0.05, 0.1) is 6.10 Å². The summed E-state index contributed by atoms with van der Waals surface area (Å²) in [5.74, 6) is 0.607. The van der Waals surface area contributed by atoms with Gasteiger partial charge in [-0.2, -0.15) is 0 Å². The molecule has 5 nitrogen and oxygen atoms in total. The maximum atomic E-state index is 5.31. The number of anilines is 1. The van der Waals surface area contributed by atoms with Crippen LogP contribution in [0.4, 0.5) is 6.01 Å². The summed E-state index contributed by atoms with van der Waals surface area (Å²) in [4.78, 5) is 2.05. The predicted molar refractivity (Wildman–Crippen MR) is 46.7 cm³/mol. The first kappa shape index (κ1) is 8.50. The Balaban J connectivity index is 2.03. The van der Waals surface area contributed by atoms with Crippen LogP contribution in [0.1, 0.15) is 12.3 Å². The summed E-state index contributed by atoms with van der Waals surface area (Å²) in [6, 6.07) is 0.608. The van der Waals surface area contributed by atoms with Gasteiger partial charge in [0.15, 0.2) is 0 Å². The van der Waals surface area contributed by atoms with Crippen LogP contribution in [-0.4, -0.2) is 36.5 Å². The summed E-state index contributed by atoms with van der Waals surface area (Å²) >= 11 is 0. The molecular weight excluding hydrogens is 170 g/mol. The van der Waals surface area contributed by atoms with Gasteiger partial charge in [-0.05, 0) is 6.42 Å². The van der Waals surface area contributed by atoms with E-state index in [0.717, 1.165) is 19.5 Å². The quantitative estimate of drug-likeness (QED) is 0.672. The zero-order chi connectivity index (χ0) is 9.26. The van der Waals surface area contributed by atoms with Crippen LogP contribution in [0.15, 0.2) is 4.42 Å². The van der Waals surface area contributed by atoms with Crippen molar-refractivity contribution in [2.75, 3.05) is 25.1 Å². The van der Waals surface area contributed by atoms with Gasteiger partial charge in [0.1, 0.15) is 0 Å². The minimum absolute atomic E-state index is 0.298. The Bertz CT molecular complexity index is 287. The third-order valence-corrected chi connectivity index (χ3v) is 2.26. The molecule has 0 saturated carbocycles. The first-order valence-corrected chi connectivity index (χ1v) is 4.37. The van der Waals surface area contributed by atoms with Gasteiger partial charge < -0.3 is 14.1 Å². The zero-order valence-corrected chi connectivity index (χ0v) is 7.86. The third kappa shape index (κ3) is 1.65. The van der Waals surface area contributed by atoms with Gasteiger partial charge in [0, 0.05) is 27.1 Å². The summed E-state index contributed by atoms with van der Waals surface area (Å²) in [6.45, 7) is 3.57. The molecule has 72 valence electrons. The average molecular weight is 183 g/mol. The van der Waals surface area contributed by atoms with Gasteiger partial charge in [0.2, 0.25) is 5.89 Å². The maximum absolute atomic E-state index is 5.31. The highest BCUT2D eigenvalue weighted by Gasteiger charge is 2.25. The molecule has 0 spiro atoms. The van der Waals surface area contributed by atoms with E-state index in [-0.39, 0.29) is 0 Å². The molecule has 1 aliphatic heterocycles. The predicted octanol–water partition coefficient (Wildman–Crippen LogP) is 0.603. The number of aromatic nitrogens is 2. The largest absolute Gasteiger partial charge is 0.408 e. The van der Waals surface area contributed by atoms with Gasteiger partial charge in [-0.25, -0.2) is 0 Å². The molecule has 1 aliphatic rings. The maximum Gasteiger partial charge on any atom is 0.318 e. The van der Waals surface area contributed by atoms with Crippen LogP contribution in [0.3, 0.4) is 0 Å². The van der Waals surface area contributed by atoms with Crippen molar-refractivity contribution in [3.05, 3.63) is 5.89 Å². The fraction of sp³-hybridized carbons (Fsp3) is 0.750. The number of nitrogens with zero attached hydrogens (tertiary/aromatic N) is 3. The van der Waals surface area contributed by atoms with Crippen molar-refractivity contribution in [1.82, 2.24) is 10.2 Å². The molecule has 0 N–H and O–H groups in total. The van der Waals surface area contributed by atoms with Crippen molar-refractivity contribution in [2.45, 2.75) is 19.4 Å². The summed E-state index contributed by atoms with van der Waals surface area (Å²) in [7, 11) is 1.73. The number of hydrogen-bond acceptors (Lipinski definition) is 5. The molecule has 0 aliphatic carbocycles. The highest BCUT2D eigenvalue weighted by atomic mass is 16.5. The van der Waals surface area contributed by atoms with Gasteiger partial charge in [-0.3, -0.25) is 0 Å². The van der Waals surface area contributed by atoms with Crippen LogP contribution in [0.25, 0.3) is 0 Å². The second-order valence-electron chi connectivity index (χ2n) is 3.20. The molecule has 5 heteroatoms. The van der Waals surface area contributed by atoms with E-state index in [4.69, 9.17) is 9.15 Å². The Morgan fingerprint density at radius 2 is 2.38 bits per heavy atom. The first-order valence-electron chi connectivity index (χ1n) is 4.37. The normalized spacial score (nSPS) is 22.6. The fourth-order valence-corrected chi connectivity index (χ4v) is 1.51. The molecule has 1 fully saturated rings. The molecule has 1 aromatic rings. The van der Waals surface area contributed by atoms with Gasteiger partial charge in [-0.15, -0.1) is 5.10 Å². The summed E-state index contributed by atoms with van der Waals surface area (Å²) in [5, 5.41) is 7.73. The van der Waals surface area contributed by atoms with E-state index in [0.29, 0.717) is 18.0 Å². The second kappa shape index (κ2) is 3.33. The Hall–Kier alpha value is -1.10. The molecule has 0 bridgehead atoms. The molecule has 0 aromatic carbocycles. The Labute approximate surface area is 76.7 Å². The lowest BCUT2D eigenvalue weighted by atomic mass is 10.3. The molecular formula is C8H13N3O2. The molecule has 13 heavy (non-hydrogen) atoms. The summed E-state index contributed by atoms with van der Waals surface area (Å²) in [6.07, 6.45) is 1.32. The topological polar surface area (TPSA) is 51.4 Å². The second-order valence-corrected chi connectivity index (χ2v) is 3.20. The van der Waals surface area contributed by atoms with Gasteiger partial charge >= 0.3 is 6.01 Å². The minimum Gasteiger partial charge on any atom is -0.408 e. The van der Waals surface area contributed by atoms with Crippen LogP contribution in [0.5, 0.6) is 0 Å². The molecule has 0 radical (unpaired) electrons. The highest BCUT2D eigenvalue weighted by molar-refractivity contribution is 5.26. The molecule has 1 aromatic heterocycles. The van der Waals surface area contributed by atoms with Crippen LogP contribution >= 0.6 is 0 Å². The van der Waals surface area contributed by atoms with E-state index >= 15 is 0 Å². The van der Waals surface area contributed by atoms with Crippen molar-refractivity contribution in [3.63, 3.8) is 0 Å². The van der Waals surface area contributed by atoms with Crippen molar-refractivity contribution in [3.8, 4) is 0 Å². The Morgan fingerprint density at radius 3 is 2.92 bits per heavy atom. The van der Waals surface area contributed by atoms with Crippen molar-refractivity contribution in [2.24, 2.45) is 0 Å². The zero-order valence-electron chi connectivity index (χ0n) is 7.86. The standard InChI is InChI=1S/C8H13N3O2/c1-6-9-10-8(13-6)11-4-3-7(5-11)12-2/h7H,3-5H2,1-2H3. The number of aryl methyl sites for hydroxylation is 1. The van der Waals surface area contributed by atoms with Crippen LogP contribution < -0.4 is 4.90 Å². The number of rotatable bonds is 2. The van der Waals surface area contributed by atoms with Crippen LogP contribution in [0.2, 0.25) is 0 Å². The minimum atomic E-state index is 0.298. The fourth-order valence-electron chi connectivity index (χ4n) is 1.51. The third-order valence-electron chi connectivity index (χ3n) is 2.26. The van der Waals surface area contributed by atoms with Crippen LogP contribution in [-0.2, 0) is 4.74 Å². The lowest BCUT2D eigenvalue weighted by Gasteiger charge is -2.11. The van der Waals surface area contributed by atoms with Crippen molar-refractivity contribution >= 4 is 6.01 Å². The number of methoxy groups -OCH3 is 1. The van der Waals surface area contributed by atoms with E-state index in [1.807, 2.05) is 4.90 Å². The SMILES string of the molecule is COC1CCN(c2nnc(C)o2)C1. The number of ether oxygens (including phenoxy) is 1. The van der Waals surface area contributed by atoms with E-state index in [1.54, 1.807) is 14.0 Å². The Morgan fingerprint density at radius 1 is 1.54 bits per heavy atom. The van der Waals surface area contributed by atoms with E-state index in [1.165, 1.54) is 0 Å². The molecule has 2 rings (SSSR count). The molecule has 0 amide bonds. The molecule has 1 atom stereocenters. The average Bonchev–Trinajstić information content (AvgIpc) is 2.71. The monoisotopic (exact) mass is 183 g/mol. The smallest absolute Gasteiger partial charge is 0.318 e. The summed E-state index contributed by atoms with van der Waals surface area (Å²) < 4.78 is 10.5. The van der Waals surface area contributed by atoms with Crippen LogP contribution in [0, 0.1) is 6.92 Å². The van der Waals surface area contributed by atoms with Gasteiger partial charge in [-0.1, -0.05) is 5.10 Å². The van der Waals surface area contributed by atoms with Crippen molar-refractivity contribution in [1.29, 1.82) is 0 Å². The number of hydrogen-bond donors (Lipinski definition) is 0.